The summed E-state index contributed by atoms with van der Waals surface area (Å²) in [5.41, 5.74) is -0.0433. The van der Waals surface area contributed by atoms with Gasteiger partial charge in [0.05, 0.1) is 18.9 Å². The van der Waals surface area contributed by atoms with E-state index in [1.165, 1.54) is 35.9 Å². The lowest BCUT2D eigenvalue weighted by Crippen LogP contribution is -2.41. The zero-order chi connectivity index (χ0) is 19.3. The van der Waals surface area contributed by atoms with Gasteiger partial charge in [0.1, 0.15) is 0 Å². The number of halogens is 2. The first-order valence-corrected chi connectivity index (χ1v) is 9.92. The Morgan fingerprint density at radius 2 is 2.00 bits per heavy atom. The Labute approximate surface area is 151 Å². The van der Waals surface area contributed by atoms with Crippen LogP contribution in [0.3, 0.4) is 0 Å². The molecule has 0 atom stereocenters. The number of alkyl halides is 2. The van der Waals surface area contributed by atoms with Crippen LogP contribution >= 0.6 is 0 Å². The minimum atomic E-state index is -3.20. The summed E-state index contributed by atoms with van der Waals surface area (Å²) in [4.78, 5) is 12.4. The maximum atomic E-state index is 12.6. The molecule has 1 aliphatic heterocycles. The van der Waals surface area contributed by atoms with E-state index >= 15 is 0 Å². The zero-order valence-electron chi connectivity index (χ0n) is 14.6. The van der Waals surface area contributed by atoms with Gasteiger partial charge in [-0.05, 0) is 30.9 Å². The van der Waals surface area contributed by atoms with Gasteiger partial charge in [0.15, 0.2) is 11.5 Å². The first-order chi connectivity index (χ1) is 12.2. The molecule has 1 saturated heterocycles. The van der Waals surface area contributed by atoms with Crippen LogP contribution in [0.15, 0.2) is 18.2 Å². The Balaban J connectivity index is 1.98. The Morgan fingerprint density at radius 3 is 2.54 bits per heavy atom. The summed E-state index contributed by atoms with van der Waals surface area (Å²) in [6.07, 6.45) is 2.40. The molecule has 1 amide bonds. The average molecular weight is 392 g/mol. The molecule has 1 heterocycles. The number of sulfonamides is 1. The van der Waals surface area contributed by atoms with Crippen molar-refractivity contribution in [2.45, 2.75) is 19.5 Å². The van der Waals surface area contributed by atoms with E-state index in [-0.39, 0.29) is 23.0 Å². The van der Waals surface area contributed by atoms with Gasteiger partial charge in [0.2, 0.25) is 10.0 Å². The SMILES string of the molecule is COc1cccc(C(=O)NCC2CCN(S(C)(=O)=O)CC2)c1OC(F)F. The number of carbonyl (C=O) groups is 1. The molecule has 0 unspecified atom stereocenters. The molecule has 7 nitrogen and oxygen atoms in total. The molecular formula is C16H22F2N2O5S. The van der Waals surface area contributed by atoms with Crippen LogP contribution in [0.1, 0.15) is 23.2 Å². The summed E-state index contributed by atoms with van der Waals surface area (Å²) < 4.78 is 59.1. The lowest BCUT2D eigenvalue weighted by molar-refractivity contribution is -0.0515. The van der Waals surface area contributed by atoms with Crippen molar-refractivity contribution in [1.82, 2.24) is 9.62 Å². The summed E-state index contributed by atoms with van der Waals surface area (Å²) >= 11 is 0. The normalized spacial score (nSPS) is 16.5. The zero-order valence-corrected chi connectivity index (χ0v) is 15.4. The van der Waals surface area contributed by atoms with Crippen LogP contribution in [0.25, 0.3) is 0 Å². The van der Waals surface area contributed by atoms with E-state index in [9.17, 15) is 22.0 Å². The number of hydrogen-bond donors (Lipinski definition) is 1. The molecule has 26 heavy (non-hydrogen) atoms. The summed E-state index contributed by atoms with van der Waals surface area (Å²) in [6.45, 7) is -1.96. The number of amides is 1. The quantitative estimate of drug-likeness (QED) is 0.764. The van der Waals surface area contributed by atoms with Gasteiger partial charge in [-0.15, -0.1) is 0 Å². The van der Waals surface area contributed by atoms with E-state index in [0.29, 0.717) is 32.5 Å². The minimum Gasteiger partial charge on any atom is -0.493 e. The molecule has 0 aliphatic carbocycles. The molecule has 146 valence electrons. The Kier molecular flexibility index (Phi) is 6.76. The summed E-state index contributed by atoms with van der Waals surface area (Å²) in [5, 5.41) is 2.70. The second-order valence-electron chi connectivity index (χ2n) is 6.03. The van der Waals surface area contributed by atoms with E-state index in [2.05, 4.69) is 10.1 Å². The average Bonchev–Trinajstić information content (AvgIpc) is 2.59. The number of ether oxygens (including phenoxy) is 2. The van der Waals surface area contributed by atoms with Gasteiger partial charge in [0.25, 0.3) is 5.91 Å². The van der Waals surface area contributed by atoms with Crippen molar-refractivity contribution >= 4 is 15.9 Å². The third-order valence-corrected chi connectivity index (χ3v) is 5.55. The van der Waals surface area contributed by atoms with Crippen LogP contribution < -0.4 is 14.8 Å². The molecule has 2 rings (SSSR count). The van der Waals surface area contributed by atoms with E-state index in [1.807, 2.05) is 0 Å². The highest BCUT2D eigenvalue weighted by molar-refractivity contribution is 7.88. The van der Waals surface area contributed by atoms with Gasteiger partial charge in [-0.2, -0.15) is 8.78 Å². The molecule has 0 aromatic heterocycles. The number of methoxy groups -OCH3 is 1. The Bertz CT molecular complexity index is 734. The molecule has 0 radical (unpaired) electrons. The highest BCUT2D eigenvalue weighted by Crippen LogP contribution is 2.32. The molecule has 1 fully saturated rings. The molecule has 10 heteroatoms. The van der Waals surface area contributed by atoms with Crippen LogP contribution in [0.2, 0.25) is 0 Å². The predicted molar refractivity (Wildman–Crippen MR) is 91.1 cm³/mol. The van der Waals surface area contributed by atoms with Gasteiger partial charge in [-0.3, -0.25) is 4.79 Å². The lowest BCUT2D eigenvalue weighted by atomic mass is 9.98. The van der Waals surface area contributed by atoms with E-state index in [1.54, 1.807) is 0 Å². The number of benzene rings is 1. The highest BCUT2D eigenvalue weighted by atomic mass is 32.2. The fourth-order valence-electron chi connectivity index (χ4n) is 2.84. The maximum absolute atomic E-state index is 12.6. The van der Waals surface area contributed by atoms with Crippen molar-refractivity contribution in [3.05, 3.63) is 23.8 Å². The number of piperidine rings is 1. The molecule has 0 spiro atoms. The van der Waals surface area contributed by atoms with Crippen LogP contribution in [-0.2, 0) is 10.0 Å². The van der Waals surface area contributed by atoms with Crippen molar-refractivity contribution in [1.29, 1.82) is 0 Å². The first-order valence-electron chi connectivity index (χ1n) is 8.07. The van der Waals surface area contributed by atoms with Crippen molar-refractivity contribution in [2.24, 2.45) is 5.92 Å². The van der Waals surface area contributed by atoms with Crippen LogP contribution in [0.5, 0.6) is 11.5 Å². The number of nitrogens with one attached hydrogen (secondary N) is 1. The lowest BCUT2D eigenvalue weighted by Gasteiger charge is -2.30. The van der Waals surface area contributed by atoms with Crippen LogP contribution in [0, 0.1) is 5.92 Å². The van der Waals surface area contributed by atoms with Crippen molar-refractivity contribution in [3.8, 4) is 11.5 Å². The van der Waals surface area contributed by atoms with Gasteiger partial charge in [-0.1, -0.05) is 6.07 Å². The topological polar surface area (TPSA) is 84.9 Å². The van der Waals surface area contributed by atoms with Crippen LogP contribution in [0.4, 0.5) is 8.78 Å². The monoisotopic (exact) mass is 392 g/mol. The van der Waals surface area contributed by atoms with Gasteiger partial charge in [-0.25, -0.2) is 12.7 Å². The number of para-hydroxylation sites is 1. The maximum Gasteiger partial charge on any atom is 0.387 e. The molecule has 0 bridgehead atoms. The van der Waals surface area contributed by atoms with Gasteiger partial charge < -0.3 is 14.8 Å². The molecule has 1 N–H and O–H groups in total. The minimum absolute atomic E-state index is 0.0411. The summed E-state index contributed by atoms with van der Waals surface area (Å²) in [7, 11) is -1.91. The van der Waals surface area contributed by atoms with Gasteiger partial charge in [0, 0.05) is 19.6 Å². The second-order valence-corrected chi connectivity index (χ2v) is 8.01. The van der Waals surface area contributed by atoms with E-state index < -0.39 is 22.5 Å². The summed E-state index contributed by atoms with van der Waals surface area (Å²) in [5.74, 6) is -0.707. The number of carbonyl (C=O) groups excluding carboxylic acids is 1. The molecular weight excluding hydrogens is 370 g/mol. The Morgan fingerprint density at radius 1 is 1.35 bits per heavy atom. The molecule has 1 aliphatic rings. The van der Waals surface area contributed by atoms with E-state index in [0.717, 1.165) is 0 Å². The largest absolute Gasteiger partial charge is 0.493 e. The van der Waals surface area contributed by atoms with Crippen LogP contribution in [-0.4, -0.2) is 58.2 Å². The third-order valence-electron chi connectivity index (χ3n) is 4.24. The van der Waals surface area contributed by atoms with Crippen molar-refractivity contribution in [3.63, 3.8) is 0 Å². The smallest absolute Gasteiger partial charge is 0.387 e. The molecule has 1 aromatic carbocycles. The number of rotatable bonds is 7. The second kappa shape index (κ2) is 8.63. The number of nitrogens with zero attached hydrogens (tertiary/aromatic N) is 1. The fraction of sp³-hybridized carbons (Fsp3) is 0.562. The first kappa shape index (κ1) is 20.4. The third kappa shape index (κ3) is 5.28. The van der Waals surface area contributed by atoms with E-state index in [4.69, 9.17) is 4.74 Å². The predicted octanol–water partition coefficient (Wildman–Crippen LogP) is 1.70. The fourth-order valence-corrected chi connectivity index (χ4v) is 3.72. The number of hydrogen-bond acceptors (Lipinski definition) is 5. The highest BCUT2D eigenvalue weighted by Gasteiger charge is 2.26. The molecule has 0 saturated carbocycles. The standard InChI is InChI=1S/C16H22F2N2O5S/c1-24-13-5-3-4-12(14(13)25-16(17)18)15(21)19-10-11-6-8-20(9-7-11)26(2,22)23/h3-5,11,16H,6-10H2,1-2H3,(H,19,21). The van der Waals surface area contributed by atoms with Crippen molar-refractivity contribution < 1.29 is 31.5 Å². The molecule has 1 aromatic rings. The van der Waals surface area contributed by atoms with Crippen molar-refractivity contribution in [2.75, 3.05) is 33.0 Å². The Hall–Kier alpha value is -1.94. The summed E-state index contributed by atoms with van der Waals surface area (Å²) in [6, 6.07) is 4.31. The van der Waals surface area contributed by atoms with Gasteiger partial charge >= 0.3 is 6.61 Å².